The monoisotopic (exact) mass is 206 g/mol. The maximum absolute atomic E-state index is 13.6. The molecular formula is C14H19F. The van der Waals surface area contributed by atoms with Crippen LogP contribution in [0.4, 0.5) is 4.39 Å². The zero-order valence-electron chi connectivity index (χ0n) is 9.76. The minimum absolute atomic E-state index is 0.0118. The summed E-state index contributed by atoms with van der Waals surface area (Å²) in [5.41, 5.74) is 2.08. The SMILES string of the molecule is Cc1cccc(F)c1C1CC(C(C)C)C1. The average Bonchev–Trinajstić information content (AvgIpc) is 2.06. The molecule has 1 aromatic rings. The normalized spacial score (nSPS) is 25.4. The van der Waals surface area contributed by atoms with Crippen LogP contribution in [0.15, 0.2) is 18.2 Å². The van der Waals surface area contributed by atoms with Gasteiger partial charge in [-0.3, -0.25) is 0 Å². The first kappa shape index (κ1) is 10.7. The molecule has 0 heterocycles. The van der Waals surface area contributed by atoms with Crippen molar-refractivity contribution >= 4 is 0 Å². The van der Waals surface area contributed by atoms with Gasteiger partial charge < -0.3 is 0 Å². The van der Waals surface area contributed by atoms with Gasteiger partial charge in [-0.25, -0.2) is 4.39 Å². The van der Waals surface area contributed by atoms with E-state index in [2.05, 4.69) is 13.8 Å². The van der Waals surface area contributed by atoms with Crippen molar-refractivity contribution in [2.24, 2.45) is 11.8 Å². The molecule has 1 fully saturated rings. The molecule has 0 amide bonds. The minimum atomic E-state index is -0.0118. The molecule has 1 saturated carbocycles. The van der Waals surface area contributed by atoms with Crippen molar-refractivity contribution in [3.05, 3.63) is 35.1 Å². The highest BCUT2D eigenvalue weighted by Gasteiger charge is 2.34. The summed E-state index contributed by atoms with van der Waals surface area (Å²) in [5, 5.41) is 0. The van der Waals surface area contributed by atoms with Crippen molar-refractivity contribution in [3.63, 3.8) is 0 Å². The summed E-state index contributed by atoms with van der Waals surface area (Å²) in [6.45, 7) is 6.53. The second-order valence-corrected chi connectivity index (χ2v) is 5.14. The van der Waals surface area contributed by atoms with Gasteiger partial charge in [-0.05, 0) is 54.7 Å². The van der Waals surface area contributed by atoms with Crippen molar-refractivity contribution in [3.8, 4) is 0 Å². The van der Waals surface area contributed by atoms with E-state index in [9.17, 15) is 4.39 Å². The maximum atomic E-state index is 13.6. The van der Waals surface area contributed by atoms with Crippen LogP contribution in [-0.2, 0) is 0 Å². The van der Waals surface area contributed by atoms with Crippen LogP contribution < -0.4 is 0 Å². The molecule has 0 spiro atoms. The van der Waals surface area contributed by atoms with Gasteiger partial charge in [-0.1, -0.05) is 26.0 Å². The molecule has 1 heteroatoms. The number of aryl methyl sites for hydroxylation is 1. The van der Waals surface area contributed by atoms with E-state index in [4.69, 9.17) is 0 Å². The Morgan fingerprint density at radius 3 is 2.47 bits per heavy atom. The van der Waals surface area contributed by atoms with E-state index in [1.54, 1.807) is 12.1 Å². The predicted molar refractivity (Wildman–Crippen MR) is 61.4 cm³/mol. The van der Waals surface area contributed by atoms with Gasteiger partial charge >= 0.3 is 0 Å². The first-order valence-electron chi connectivity index (χ1n) is 5.84. The third-order valence-electron chi connectivity index (χ3n) is 3.80. The summed E-state index contributed by atoms with van der Waals surface area (Å²) >= 11 is 0. The summed E-state index contributed by atoms with van der Waals surface area (Å²) in [5.74, 6) is 2.00. The molecule has 0 N–H and O–H groups in total. The van der Waals surface area contributed by atoms with Crippen molar-refractivity contribution in [1.29, 1.82) is 0 Å². The molecule has 82 valence electrons. The van der Waals surface area contributed by atoms with Crippen LogP contribution in [0.5, 0.6) is 0 Å². The molecule has 0 saturated heterocycles. The van der Waals surface area contributed by atoms with Crippen molar-refractivity contribution in [2.45, 2.75) is 39.5 Å². The quantitative estimate of drug-likeness (QED) is 0.677. The van der Waals surface area contributed by atoms with E-state index < -0.39 is 0 Å². The van der Waals surface area contributed by atoms with E-state index in [0.29, 0.717) is 5.92 Å². The van der Waals surface area contributed by atoms with Gasteiger partial charge in [-0.2, -0.15) is 0 Å². The lowest BCUT2D eigenvalue weighted by atomic mass is 9.66. The van der Waals surface area contributed by atoms with Gasteiger partial charge in [0.2, 0.25) is 0 Å². The highest BCUT2D eigenvalue weighted by atomic mass is 19.1. The molecular weight excluding hydrogens is 187 g/mol. The lowest BCUT2D eigenvalue weighted by molar-refractivity contribution is 0.193. The summed E-state index contributed by atoms with van der Waals surface area (Å²) < 4.78 is 13.6. The summed E-state index contributed by atoms with van der Waals surface area (Å²) in [6, 6.07) is 5.40. The highest BCUT2D eigenvalue weighted by Crippen LogP contribution is 2.46. The van der Waals surface area contributed by atoms with Crippen LogP contribution in [0.2, 0.25) is 0 Å². The predicted octanol–water partition coefficient (Wildman–Crippen LogP) is 4.28. The Morgan fingerprint density at radius 2 is 1.93 bits per heavy atom. The number of hydrogen-bond donors (Lipinski definition) is 0. The highest BCUT2D eigenvalue weighted by molar-refractivity contribution is 5.32. The number of benzene rings is 1. The lowest BCUT2D eigenvalue weighted by Gasteiger charge is -2.39. The van der Waals surface area contributed by atoms with E-state index in [1.807, 2.05) is 13.0 Å². The first-order valence-corrected chi connectivity index (χ1v) is 5.84. The third-order valence-corrected chi connectivity index (χ3v) is 3.80. The van der Waals surface area contributed by atoms with E-state index in [0.717, 1.165) is 23.0 Å². The van der Waals surface area contributed by atoms with Gasteiger partial charge in [0.1, 0.15) is 5.82 Å². The van der Waals surface area contributed by atoms with Gasteiger partial charge in [0.25, 0.3) is 0 Å². The first-order chi connectivity index (χ1) is 7.09. The van der Waals surface area contributed by atoms with Crippen LogP contribution in [-0.4, -0.2) is 0 Å². The largest absolute Gasteiger partial charge is 0.207 e. The van der Waals surface area contributed by atoms with Crippen LogP contribution in [0.1, 0.15) is 43.7 Å². The van der Waals surface area contributed by atoms with Crippen LogP contribution in [0.25, 0.3) is 0 Å². The number of halogens is 1. The zero-order valence-corrected chi connectivity index (χ0v) is 9.76. The van der Waals surface area contributed by atoms with Crippen molar-refractivity contribution < 1.29 is 4.39 Å². The molecule has 2 rings (SSSR count). The van der Waals surface area contributed by atoms with E-state index in [1.165, 1.54) is 12.8 Å². The number of rotatable bonds is 2. The lowest BCUT2D eigenvalue weighted by Crippen LogP contribution is -2.27. The molecule has 0 aromatic heterocycles. The fourth-order valence-corrected chi connectivity index (χ4v) is 2.60. The molecule has 0 unspecified atom stereocenters. The van der Waals surface area contributed by atoms with Gasteiger partial charge in [-0.15, -0.1) is 0 Å². The third kappa shape index (κ3) is 1.92. The molecule has 1 aliphatic carbocycles. The Kier molecular flexibility index (Phi) is 2.81. The van der Waals surface area contributed by atoms with Gasteiger partial charge in [0.15, 0.2) is 0 Å². The Bertz CT molecular complexity index is 328. The standard InChI is InChI=1S/C14H19F/c1-9(2)11-7-12(8-11)14-10(3)5-4-6-13(14)15/h4-6,9,11-12H,7-8H2,1-3H3. The fourth-order valence-electron chi connectivity index (χ4n) is 2.60. The summed E-state index contributed by atoms with van der Waals surface area (Å²) in [6.07, 6.45) is 2.33. The van der Waals surface area contributed by atoms with Gasteiger partial charge in [0.05, 0.1) is 0 Å². The molecule has 1 aromatic carbocycles. The van der Waals surface area contributed by atoms with Gasteiger partial charge in [0, 0.05) is 0 Å². The molecule has 1 aliphatic rings. The molecule has 0 radical (unpaired) electrons. The molecule has 0 bridgehead atoms. The fraction of sp³-hybridized carbons (Fsp3) is 0.571. The molecule has 0 aliphatic heterocycles. The second-order valence-electron chi connectivity index (χ2n) is 5.14. The van der Waals surface area contributed by atoms with E-state index in [-0.39, 0.29) is 5.82 Å². The minimum Gasteiger partial charge on any atom is -0.207 e. The Hall–Kier alpha value is -0.850. The molecule has 0 nitrogen and oxygen atoms in total. The molecule has 0 atom stereocenters. The zero-order chi connectivity index (χ0) is 11.0. The molecule has 15 heavy (non-hydrogen) atoms. The van der Waals surface area contributed by atoms with Crippen molar-refractivity contribution in [2.75, 3.05) is 0 Å². The topological polar surface area (TPSA) is 0 Å². The number of hydrogen-bond acceptors (Lipinski definition) is 0. The van der Waals surface area contributed by atoms with Crippen LogP contribution in [0, 0.1) is 24.6 Å². The second kappa shape index (κ2) is 3.96. The summed E-state index contributed by atoms with van der Waals surface area (Å²) in [7, 11) is 0. The van der Waals surface area contributed by atoms with E-state index >= 15 is 0 Å². The smallest absolute Gasteiger partial charge is 0.126 e. The Balaban J connectivity index is 2.13. The summed E-state index contributed by atoms with van der Waals surface area (Å²) in [4.78, 5) is 0. The van der Waals surface area contributed by atoms with Crippen molar-refractivity contribution in [1.82, 2.24) is 0 Å². The average molecular weight is 206 g/mol. The van der Waals surface area contributed by atoms with Crippen LogP contribution in [0.3, 0.4) is 0 Å². The Morgan fingerprint density at radius 1 is 1.27 bits per heavy atom. The Labute approximate surface area is 91.5 Å². The van der Waals surface area contributed by atoms with Crippen LogP contribution >= 0.6 is 0 Å². The maximum Gasteiger partial charge on any atom is 0.126 e.